The van der Waals surface area contributed by atoms with Gasteiger partial charge in [-0.3, -0.25) is 14.5 Å². The highest BCUT2D eigenvalue weighted by Crippen LogP contribution is 2.28. The van der Waals surface area contributed by atoms with Crippen molar-refractivity contribution in [2.24, 2.45) is 0 Å². The summed E-state index contributed by atoms with van der Waals surface area (Å²) in [5.41, 5.74) is 0.715. The van der Waals surface area contributed by atoms with E-state index < -0.39 is 6.04 Å². The predicted octanol–water partition coefficient (Wildman–Crippen LogP) is 1.49. The van der Waals surface area contributed by atoms with Gasteiger partial charge in [-0.1, -0.05) is 6.08 Å². The van der Waals surface area contributed by atoms with Crippen LogP contribution in [0.4, 0.5) is 5.69 Å². The van der Waals surface area contributed by atoms with Gasteiger partial charge < -0.3 is 10.1 Å². The molecule has 1 aromatic rings. The monoisotopic (exact) mass is 274 g/mol. The van der Waals surface area contributed by atoms with Gasteiger partial charge in [0.2, 0.25) is 11.8 Å². The highest BCUT2D eigenvalue weighted by Gasteiger charge is 2.36. The number of nitrogens with one attached hydrogen (secondary N) is 1. The number of nitrogens with zero attached hydrogens (tertiary/aromatic N) is 1. The molecular formula is C15H18N2O3. The molecule has 2 amide bonds. The van der Waals surface area contributed by atoms with E-state index in [2.05, 4.69) is 11.9 Å². The van der Waals surface area contributed by atoms with Crippen LogP contribution in [0.3, 0.4) is 0 Å². The number of methoxy groups -OCH3 is 1. The van der Waals surface area contributed by atoms with Crippen molar-refractivity contribution < 1.29 is 14.3 Å². The van der Waals surface area contributed by atoms with Crippen molar-refractivity contribution >= 4 is 17.5 Å². The van der Waals surface area contributed by atoms with Gasteiger partial charge in [0, 0.05) is 18.7 Å². The van der Waals surface area contributed by atoms with Crippen LogP contribution in [-0.2, 0) is 9.59 Å². The fraction of sp³-hybridized carbons (Fsp3) is 0.333. The Balaban J connectivity index is 2.19. The Morgan fingerprint density at radius 2 is 2.20 bits per heavy atom. The van der Waals surface area contributed by atoms with Crippen LogP contribution in [0.1, 0.15) is 12.8 Å². The Morgan fingerprint density at radius 1 is 1.50 bits per heavy atom. The third-order valence-electron chi connectivity index (χ3n) is 3.29. The van der Waals surface area contributed by atoms with Crippen LogP contribution in [0.2, 0.25) is 0 Å². The zero-order valence-electron chi connectivity index (χ0n) is 11.5. The van der Waals surface area contributed by atoms with Gasteiger partial charge in [-0.2, -0.15) is 0 Å². The first-order valence-electron chi connectivity index (χ1n) is 6.52. The SMILES string of the molecule is C=CCNC(=O)C1CCC(=O)N1c1ccc(OC)cc1. The molecule has 0 radical (unpaired) electrons. The number of rotatable bonds is 5. The van der Waals surface area contributed by atoms with Crippen LogP contribution < -0.4 is 15.0 Å². The summed E-state index contributed by atoms with van der Waals surface area (Å²) in [7, 11) is 1.58. The molecule has 20 heavy (non-hydrogen) atoms. The Hall–Kier alpha value is -2.30. The van der Waals surface area contributed by atoms with Crippen LogP contribution in [0.5, 0.6) is 5.75 Å². The van der Waals surface area contributed by atoms with E-state index in [0.29, 0.717) is 30.8 Å². The van der Waals surface area contributed by atoms with Gasteiger partial charge in [0.25, 0.3) is 0 Å². The lowest BCUT2D eigenvalue weighted by Crippen LogP contribution is -2.44. The van der Waals surface area contributed by atoms with Crippen molar-refractivity contribution in [1.29, 1.82) is 0 Å². The minimum absolute atomic E-state index is 0.0334. The molecule has 1 fully saturated rings. The molecular weight excluding hydrogens is 256 g/mol. The molecule has 1 heterocycles. The maximum atomic E-state index is 12.1. The number of hydrogen-bond donors (Lipinski definition) is 1. The van der Waals surface area contributed by atoms with Crippen LogP contribution >= 0.6 is 0 Å². The molecule has 5 nitrogen and oxygen atoms in total. The topological polar surface area (TPSA) is 58.6 Å². The van der Waals surface area contributed by atoms with Crippen molar-refractivity contribution in [2.75, 3.05) is 18.6 Å². The van der Waals surface area contributed by atoms with E-state index in [0.717, 1.165) is 0 Å². The number of benzene rings is 1. The fourth-order valence-corrected chi connectivity index (χ4v) is 2.29. The summed E-state index contributed by atoms with van der Waals surface area (Å²) >= 11 is 0. The number of hydrogen-bond acceptors (Lipinski definition) is 3. The van der Waals surface area contributed by atoms with Gasteiger partial charge in [-0.15, -0.1) is 6.58 Å². The Morgan fingerprint density at radius 3 is 2.80 bits per heavy atom. The number of carbonyl (C=O) groups excluding carboxylic acids is 2. The molecule has 1 unspecified atom stereocenters. The summed E-state index contributed by atoms with van der Waals surface area (Å²) in [5, 5.41) is 2.74. The van der Waals surface area contributed by atoms with Crippen LogP contribution in [0.25, 0.3) is 0 Å². The second kappa shape index (κ2) is 6.23. The summed E-state index contributed by atoms with van der Waals surface area (Å²) in [6.07, 6.45) is 2.54. The van der Waals surface area contributed by atoms with E-state index in [9.17, 15) is 9.59 Å². The second-order valence-corrected chi connectivity index (χ2v) is 4.55. The van der Waals surface area contributed by atoms with Crippen molar-refractivity contribution in [3.63, 3.8) is 0 Å². The molecule has 5 heteroatoms. The molecule has 0 bridgehead atoms. The molecule has 106 valence electrons. The van der Waals surface area contributed by atoms with Gasteiger partial charge in [0.15, 0.2) is 0 Å². The lowest BCUT2D eigenvalue weighted by atomic mass is 10.2. The highest BCUT2D eigenvalue weighted by molar-refractivity contribution is 6.03. The largest absolute Gasteiger partial charge is 0.497 e. The van der Waals surface area contributed by atoms with Crippen LogP contribution in [-0.4, -0.2) is 31.5 Å². The quantitative estimate of drug-likeness (QED) is 0.828. The Bertz CT molecular complexity index is 510. The molecule has 1 aliphatic heterocycles. The molecule has 0 saturated carbocycles. The summed E-state index contributed by atoms with van der Waals surface area (Å²) in [6.45, 7) is 3.96. The van der Waals surface area contributed by atoms with Gasteiger partial charge in [0.1, 0.15) is 11.8 Å². The summed E-state index contributed by atoms with van der Waals surface area (Å²) in [4.78, 5) is 25.6. The lowest BCUT2D eigenvalue weighted by Gasteiger charge is -2.24. The minimum Gasteiger partial charge on any atom is -0.497 e. The molecule has 2 rings (SSSR count). The first-order valence-corrected chi connectivity index (χ1v) is 6.52. The third kappa shape index (κ3) is 2.82. The number of carbonyl (C=O) groups is 2. The molecule has 0 aromatic heterocycles. The summed E-state index contributed by atoms with van der Waals surface area (Å²) in [6, 6.07) is 6.68. The first-order chi connectivity index (χ1) is 9.67. The zero-order chi connectivity index (χ0) is 14.5. The smallest absolute Gasteiger partial charge is 0.243 e. The van der Waals surface area contributed by atoms with Gasteiger partial charge in [-0.25, -0.2) is 0 Å². The number of amides is 2. The molecule has 1 atom stereocenters. The van der Waals surface area contributed by atoms with E-state index in [4.69, 9.17) is 4.74 Å². The van der Waals surface area contributed by atoms with E-state index in [1.165, 1.54) is 0 Å². The average molecular weight is 274 g/mol. The van der Waals surface area contributed by atoms with Gasteiger partial charge in [-0.05, 0) is 30.7 Å². The standard InChI is InChI=1S/C15H18N2O3/c1-3-10-16-15(19)13-8-9-14(18)17(13)11-4-6-12(20-2)7-5-11/h3-7,13H,1,8-10H2,2H3,(H,16,19). The van der Waals surface area contributed by atoms with Gasteiger partial charge in [0.05, 0.1) is 7.11 Å². The Kier molecular flexibility index (Phi) is 4.40. The number of anilines is 1. The predicted molar refractivity (Wildman–Crippen MR) is 76.7 cm³/mol. The normalized spacial score (nSPS) is 17.9. The molecule has 1 saturated heterocycles. The average Bonchev–Trinajstić information content (AvgIpc) is 2.86. The van der Waals surface area contributed by atoms with Crippen LogP contribution in [0, 0.1) is 0 Å². The molecule has 1 aliphatic rings. The third-order valence-corrected chi connectivity index (χ3v) is 3.29. The van der Waals surface area contributed by atoms with E-state index in [1.54, 1.807) is 42.4 Å². The maximum Gasteiger partial charge on any atom is 0.243 e. The van der Waals surface area contributed by atoms with Crippen molar-refractivity contribution in [3.05, 3.63) is 36.9 Å². The lowest BCUT2D eigenvalue weighted by molar-refractivity contribution is -0.123. The van der Waals surface area contributed by atoms with E-state index >= 15 is 0 Å². The summed E-state index contributed by atoms with van der Waals surface area (Å²) in [5.74, 6) is 0.536. The highest BCUT2D eigenvalue weighted by atomic mass is 16.5. The van der Waals surface area contributed by atoms with E-state index in [1.807, 2.05) is 0 Å². The molecule has 1 aromatic carbocycles. The van der Waals surface area contributed by atoms with E-state index in [-0.39, 0.29) is 11.8 Å². The second-order valence-electron chi connectivity index (χ2n) is 4.55. The number of ether oxygens (including phenoxy) is 1. The molecule has 0 aliphatic carbocycles. The summed E-state index contributed by atoms with van der Waals surface area (Å²) < 4.78 is 5.09. The molecule has 0 spiro atoms. The van der Waals surface area contributed by atoms with Crippen molar-refractivity contribution in [3.8, 4) is 5.75 Å². The van der Waals surface area contributed by atoms with Crippen molar-refractivity contribution in [1.82, 2.24) is 5.32 Å². The molecule has 1 N–H and O–H groups in total. The first kappa shape index (κ1) is 14.1. The Labute approximate surface area is 118 Å². The van der Waals surface area contributed by atoms with Crippen molar-refractivity contribution in [2.45, 2.75) is 18.9 Å². The zero-order valence-corrected chi connectivity index (χ0v) is 11.5. The minimum atomic E-state index is -0.448. The fourth-order valence-electron chi connectivity index (χ4n) is 2.29. The van der Waals surface area contributed by atoms with Gasteiger partial charge >= 0.3 is 0 Å². The maximum absolute atomic E-state index is 12.1. The van der Waals surface area contributed by atoms with Crippen LogP contribution in [0.15, 0.2) is 36.9 Å².